The highest BCUT2D eigenvalue weighted by Gasteiger charge is 1.86. The van der Waals surface area contributed by atoms with E-state index in [1.165, 1.54) is 0 Å². The number of nitrogens with two attached hydrogens (primary N) is 1. The lowest BCUT2D eigenvalue weighted by Gasteiger charge is -1.86. The van der Waals surface area contributed by atoms with Crippen molar-refractivity contribution in [1.29, 1.82) is 0 Å². The minimum absolute atomic E-state index is 0. The van der Waals surface area contributed by atoms with Crippen molar-refractivity contribution in [3.05, 3.63) is 18.2 Å². The predicted octanol–water partition coefficient (Wildman–Crippen LogP) is -8.34. The van der Waals surface area contributed by atoms with Crippen molar-refractivity contribution in [1.82, 2.24) is 9.97 Å². The van der Waals surface area contributed by atoms with Gasteiger partial charge in [-0.1, -0.05) is 0 Å². The van der Waals surface area contributed by atoms with Crippen LogP contribution in [0.3, 0.4) is 0 Å². The molecule has 23 N–H and O–H groups in total. The summed E-state index contributed by atoms with van der Waals surface area (Å²) in [5.74, 6) is 0. The average molecular weight is 291 g/mol. The third-order valence-electron chi connectivity index (χ3n) is 0.969. The van der Waals surface area contributed by atoms with Gasteiger partial charge in [-0.25, -0.2) is 4.98 Å². The molecule has 1 heterocycles. The monoisotopic (exact) mass is 291 g/mol. The van der Waals surface area contributed by atoms with Crippen molar-refractivity contribution in [2.24, 2.45) is 5.73 Å². The van der Waals surface area contributed by atoms with Crippen molar-refractivity contribution in [3.63, 3.8) is 0 Å². The van der Waals surface area contributed by atoms with Crippen LogP contribution in [-0.4, -0.2) is 71.3 Å². The fourth-order valence-electron chi connectivity index (χ4n) is 0.577. The summed E-state index contributed by atoms with van der Waals surface area (Å²) < 4.78 is 0. The fraction of sp³-hybridized carbons (Fsp3) is 0.400. The molecule has 0 bridgehead atoms. The molecule has 13 nitrogen and oxygen atoms in total. The zero-order valence-corrected chi connectivity index (χ0v) is 9.59. The van der Waals surface area contributed by atoms with Gasteiger partial charge in [-0.3, -0.25) is 0 Å². The molecule has 0 unspecified atom stereocenters. The van der Waals surface area contributed by atoms with Gasteiger partial charge in [-0.05, 0) is 6.54 Å². The van der Waals surface area contributed by atoms with E-state index in [1.54, 1.807) is 12.5 Å². The molecule has 0 fully saturated rings. The average Bonchev–Trinajstić information content (AvgIpc) is 2.19. The Morgan fingerprint density at radius 3 is 1.44 bits per heavy atom. The third-order valence-corrected chi connectivity index (χ3v) is 0.969. The van der Waals surface area contributed by atoms with Gasteiger partial charge < -0.3 is 65.5 Å². The molecule has 0 aliphatic rings. The number of rotatable bonds is 2. The topological polar surface area (TPSA) is 370 Å². The summed E-state index contributed by atoms with van der Waals surface area (Å²) in [6.07, 6.45) is 4.33. The number of H-pyrrole nitrogens is 1. The van der Waals surface area contributed by atoms with E-state index in [9.17, 15) is 0 Å². The summed E-state index contributed by atoms with van der Waals surface area (Å²) in [4.78, 5) is 6.78. The zero-order valence-electron chi connectivity index (χ0n) is 9.59. The molecule has 0 aliphatic heterocycles. The molecule has 13 heteroatoms. The Hall–Kier alpha value is -1.23. The summed E-state index contributed by atoms with van der Waals surface area (Å²) in [6, 6.07) is 0. The van der Waals surface area contributed by atoms with E-state index in [1.807, 2.05) is 0 Å². The van der Waals surface area contributed by atoms with Gasteiger partial charge in [0.2, 0.25) is 0 Å². The Morgan fingerprint density at radius 1 is 0.833 bits per heavy atom. The predicted molar refractivity (Wildman–Crippen MR) is 67.5 cm³/mol. The quantitative estimate of drug-likeness (QED) is 0.535. The number of aromatic nitrogens is 2. The van der Waals surface area contributed by atoms with Gasteiger partial charge in [0.05, 0.1) is 6.33 Å². The van der Waals surface area contributed by atoms with Crippen molar-refractivity contribution >= 4 is 0 Å². The maximum absolute atomic E-state index is 5.27. The molecule has 0 aromatic carbocycles. The van der Waals surface area contributed by atoms with E-state index in [2.05, 4.69) is 9.97 Å². The molecular formula is C5H29N3O10. The van der Waals surface area contributed by atoms with E-state index in [-0.39, 0.29) is 54.8 Å². The SMILES string of the molecule is NCCc1cnc[nH]1.O.O.O.O.O.O.O.O.O.O. The summed E-state index contributed by atoms with van der Waals surface area (Å²) in [5.41, 5.74) is 6.38. The van der Waals surface area contributed by atoms with Crippen LogP contribution in [0.4, 0.5) is 0 Å². The minimum Gasteiger partial charge on any atom is -0.412 e. The normalized spacial score (nSPS) is 4.28. The van der Waals surface area contributed by atoms with Crippen LogP contribution in [0.15, 0.2) is 12.5 Å². The van der Waals surface area contributed by atoms with Crippen molar-refractivity contribution in [2.75, 3.05) is 6.54 Å². The Kier molecular flexibility index (Phi) is 288. The highest BCUT2D eigenvalue weighted by molar-refractivity contribution is 4.93. The smallest absolute Gasteiger partial charge is 0.0921 e. The van der Waals surface area contributed by atoms with Gasteiger partial charge in [-0.15, -0.1) is 0 Å². The van der Waals surface area contributed by atoms with Crippen LogP contribution < -0.4 is 5.73 Å². The second kappa shape index (κ2) is 57.0. The third kappa shape index (κ3) is 36.4. The van der Waals surface area contributed by atoms with Crippen LogP contribution in [0.2, 0.25) is 0 Å². The first-order valence-electron chi connectivity index (χ1n) is 2.61. The van der Waals surface area contributed by atoms with Crippen molar-refractivity contribution in [3.8, 4) is 0 Å². The maximum atomic E-state index is 5.27. The van der Waals surface area contributed by atoms with Crippen LogP contribution in [0.25, 0.3) is 0 Å². The standard InChI is InChI=1S/C5H9N3.10H2O/c6-2-1-5-3-7-4-8-5;;;;;;;;;;/h3-4H,1-2,6H2,(H,7,8);10*1H2. The first-order chi connectivity index (χ1) is 3.93. The van der Waals surface area contributed by atoms with Gasteiger partial charge in [0, 0.05) is 18.3 Å². The van der Waals surface area contributed by atoms with Gasteiger partial charge in [0.1, 0.15) is 0 Å². The summed E-state index contributed by atoms with van der Waals surface area (Å²) in [5, 5.41) is 0. The van der Waals surface area contributed by atoms with E-state index in [4.69, 9.17) is 5.73 Å². The van der Waals surface area contributed by atoms with E-state index >= 15 is 0 Å². The molecule has 0 amide bonds. The van der Waals surface area contributed by atoms with E-state index in [0.29, 0.717) is 6.54 Å². The lowest BCUT2D eigenvalue weighted by Crippen LogP contribution is -2.02. The van der Waals surface area contributed by atoms with E-state index in [0.717, 1.165) is 12.1 Å². The fourth-order valence-corrected chi connectivity index (χ4v) is 0.577. The lowest BCUT2D eigenvalue weighted by atomic mass is 10.3. The molecule has 0 radical (unpaired) electrons. The van der Waals surface area contributed by atoms with Crippen LogP contribution in [-0.2, 0) is 6.42 Å². The van der Waals surface area contributed by atoms with Crippen LogP contribution in [0.5, 0.6) is 0 Å². The molecule has 18 heavy (non-hydrogen) atoms. The number of imidazole rings is 1. The molecule has 0 spiro atoms. The summed E-state index contributed by atoms with van der Waals surface area (Å²) in [6.45, 7) is 0.683. The summed E-state index contributed by atoms with van der Waals surface area (Å²) >= 11 is 0. The molecule has 0 saturated heterocycles. The van der Waals surface area contributed by atoms with Crippen LogP contribution >= 0.6 is 0 Å². The molecule has 1 aromatic heterocycles. The lowest BCUT2D eigenvalue weighted by molar-refractivity contribution is 0.823. The van der Waals surface area contributed by atoms with Crippen molar-refractivity contribution in [2.45, 2.75) is 6.42 Å². The minimum atomic E-state index is 0. The van der Waals surface area contributed by atoms with Gasteiger partial charge in [-0.2, -0.15) is 0 Å². The molecule has 0 aliphatic carbocycles. The van der Waals surface area contributed by atoms with Gasteiger partial charge >= 0.3 is 0 Å². The zero-order chi connectivity index (χ0) is 5.82. The Morgan fingerprint density at radius 2 is 1.22 bits per heavy atom. The van der Waals surface area contributed by atoms with Gasteiger partial charge in [0.25, 0.3) is 0 Å². The van der Waals surface area contributed by atoms with E-state index < -0.39 is 0 Å². The molecule has 0 atom stereocenters. The van der Waals surface area contributed by atoms with Crippen LogP contribution in [0, 0.1) is 0 Å². The Bertz CT molecular complexity index is 151. The summed E-state index contributed by atoms with van der Waals surface area (Å²) in [7, 11) is 0. The highest BCUT2D eigenvalue weighted by atomic mass is 16.0. The van der Waals surface area contributed by atoms with Crippen LogP contribution in [0.1, 0.15) is 5.69 Å². The largest absolute Gasteiger partial charge is 0.412 e. The van der Waals surface area contributed by atoms with Crippen molar-refractivity contribution < 1.29 is 54.8 Å². The Balaban J connectivity index is -0.00000000800. The maximum Gasteiger partial charge on any atom is 0.0921 e. The molecule has 1 aromatic rings. The first kappa shape index (κ1) is 91.0. The van der Waals surface area contributed by atoms with Gasteiger partial charge in [0.15, 0.2) is 0 Å². The highest BCUT2D eigenvalue weighted by Crippen LogP contribution is 1.88. The number of hydrogen-bond acceptors (Lipinski definition) is 2. The second-order valence-electron chi connectivity index (χ2n) is 1.62. The number of aromatic amines is 1. The molecule has 1 rings (SSSR count). The molecule has 0 saturated carbocycles. The number of hydrogen-bond donors (Lipinski definition) is 2. The number of nitrogens with one attached hydrogen (secondary N) is 1. The molecular weight excluding hydrogens is 262 g/mol. The Labute approximate surface area is 103 Å². The second-order valence-corrected chi connectivity index (χ2v) is 1.62. The molecule has 124 valence electrons. The number of nitrogens with zero attached hydrogens (tertiary/aromatic N) is 1. The first-order valence-corrected chi connectivity index (χ1v) is 2.61.